The molecule has 0 radical (unpaired) electrons. The normalized spacial score (nSPS) is 13.2. The summed E-state index contributed by atoms with van der Waals surface area (Å²) in [7, 11) is -3.52. The predicted molar refractivity (Wildman–Crippen MR) is 80.2 cm³/mol. The second-order valence-corrected chi connectivity index (χ2v) is 6.89. The number of carbonyl (C=O) groups is 1. The van der Waals surface area contributed by atoms with Gasteiger partial charge >= 0.3 is 13.6 Å². The molecule has 1 unspecified atom stereocenters. The van der Waals surface area contributed by atoms with Gasteiger partial charge in [0.1, 0.15) is 0 Å². The summed E-state index contributed by atoms with van der Waals surface area (Å²) < 4.78 is 28.5. The maximum atomic E-state index is 12.7. The van der Waals surface area contributed by atoms with Crippen LogP contribution in [0.25, 0.3) is 0 Å². The van der Waals surface area contributed by atoms with E-state index in [-0.39, 0.29) is 25.5 Å². The molecule has 0 aromatic heterocycles. The lowest BCUT2D eigenvalue weighted by molar-refractivity contribution is -0.145. The number of alkyl halides is 1. The minimum atomic E-state index is -3.52. The highest BCUT2D eigenvalue weighted by atomic mass is 35.5. The van der Waals surface area contributed by atoms with Gasteiger partial charge in [-0.05, 0) is 19.3 Å². The van der Waals surface area contributed by atoms with Crippen molar-refractivity contribution >= 4 is 25.2 Å². The third-order valence-corrected chi connectivity index (χ3v) is 5.01. The van der Waals surface area contributed by atoms with E-state index in [1.807, 2.05) is 20.8 Å². The molecule has 0 aliphatic heterocycles. The molecule has 0 N–H and O–H groups in total. The van der Waals surface area contributed by atoms with Crippen LogP contribution in [0, 0.1) is 0 Å². The lowest BCUT2D eigenvalue weighted by Gasteiger charge is -2.25. The molecule has 0 aliphatic carbocycles. The van der Waals surface area contributed by atoms with Crippen LogP contribution in [0.1, 0.15) is 52.9 Å². The predicted octanol–water partition coefficient (Wildman–Crippen LogP) is 4.33. The minimum absolute atomic E-state index is 0.109. The van der Waals surface area contributed by atoms with Crippen LogP contribution in [0.3, 0.4) is 0 Å². The molecule has 5 nitrogen and oxygen atoms in total. The van der Waals surface area contributed by atoms with Crippen molar-refractivity contribution in [2.75, 3.05) is 19.1 Å². The van der Waals surface area contributed by atoms with E-state index in [0.717, 1.165) is 12.8 Å². The summed E-state index contributed by atoms with van der Waals surface area (Å²) in [5, 5.41) is 0. The molecule has 0 aromatic rings. The molecular formula is C13H26ClO5P. The highest BCUT2D eigenvalue weighted by Crippen LogP contribution is 2.54. The van der Waals surface area contributed by atoms with Gasteiger partial charge in [-0.15, -0.1) is 11.6 Å². The summed E-state index contributed by atoms with van der Waals surface area (Å²) in [6, 6.07) is 0. The standard InChI is InChI=1S/C13H26ClO5P/c1-4-7-8-12(15)19-13(11-14)20(16,17-9-5-2)18-10-6-3/h13H,4-11H2,1-3H3. The first-order valence-corrected chi connectivity index (χ1v) is 9.32. The SMILES string of the molecule is CCCCC(=O)OC(CCl)P(=O)(OCCC)OCCC. The third kappa shape index (κ3) is 7.63. The zero-order valence-corrected chi connectivity index (χ0v) is 14.3. The topological polar surface area (TPSA) is 61.8 Å². The zero-order valence-electron chi connectivity index (χ0n) is 12.6. The molecule has 0 rings (SSSR count). The van der Waals surface area contributed by atoms with E-state index in [1.54, 1.807) is 0 Å². The highest BCUT2D eigenvalue weighted by Gasteiger charge is 2.38. The van der Waals surface area contributed by atoms with E-state index in [2.05, 4.69) is 0 Å². The number of hydrogen-bond donors (Lipinski definition) is 0. The minimum Gasteiger partial charge on any atom is -0.448 e. The van der Waals surface area contributed by atoms with Gasteiger partial charge in [-0.25, -0.2) is 0 Å². The Balaban J connectivity index is 4.70. The molecule has 120 valence electrons. The summed E-state index contributed by atoms with van der Waals surface area (Å²) in [6.07, 6.45) is 3.28. The lowest BCUT2D eigenvalue weighted by Crippen LogP contribution is -2.23. The van der Waals surface area contributed by atoms with Crippen molar-refractivity contribution in [1.82, 2.24) is 0 Å². The summed E-state index contributed by atoms with van der Waals surface area (Å²) >= 11 is 5.78. The molecule has 0 bridgehead atoms. The molecule has 0 heterocycles. The van der Waals surface area contributed by atoms with Crippen molar-refractivity contribution in [1.29, 1.82) is 0 Å². The quantitative estimate of drug-likeness (QED) is 0.303. The van der Waals surface area contributed by atoms with Crippen LogP contribution in [0.5, 0.6) is 0 Å². The fourth-order valence-corrected chi connectivity index (χ4v) is 3.62. The van der Waals surface area contributed by atoms with Crippen LogP contribution < -0.4 is 0 Å². The van der Waals surface area contributed by atoms with Crippen molar-refractivity contribution in [2.24, 2.45) is 0 Å². The van der Waals surface area contributed by atoms with Crippen LogP contribution in [-0.4, -0.2) is 30.9 Å². The Kier molecular flexibility index (Phi) is 11.5. The van der Waals surface area contributed by atoms with Crippen LogP contribution >= 0.6 is 19.2 Å². The van der Waals surface area contributed by atoms with Gasteiger partial charge in [-0.2, -0.15) is 0 Å². The maximum absolute atomic E-state index is 12.7. The summed E-state index contributed by atoms with van der Waals surface area (Å²) in [6.45, 7) is 6.33. The van der Waals surface area contributed by atoms with Crippen LogP contribution in [0.4, 0.5) is 0 Å². The number of hydrogen-bond acceptors (Lipinski definition) is 5. The first-order valence-electron chi connectivity index (χ1n) is 7.18. The second kappa shape index (κ2) is 11.6. The van der Waals surface area contributed by atoms with Gasteiger partial charge in [0.05, 0.1) is 19.1 Å². The van der Waals surface area contributed by atoms with E-state index >= 15 is 0 Å². The molecule has 0 aromatic carbocycles. The molecular weight excluding hydrogens is 303 g/mol. The average molecular weight is 329 g/mol. The first-order chi connectivity index (χ1) is 9.53. The van der Waals surface area contributed by atoms with E-state index in [1.165, 1.54) is 0 Å². The number of esters is 1. The summed E-state index contributed by atoms with van der Waals surface area (Å²) in [4.78, 5) is 11.7. The number of ether oxygens (including phenoxy) is 1. The number of carbonyl (C=O) groups excluding carboxylic acids is 1. The molecule has 0 fully saturated rings. The fourth-order valence-electron chi connectivity index (χ4n) is 1.35. The molecule has 20 heavy (non-hydrogen) atoms. The molecule has 1 atom stereocenters. The average Bonchev–Trinajstić information content (AvgIpc) is 2.46. The largest absolute Gasteiger partial charge is 0.448 e. The van der Waals surface area contributed by atoms with Gasteiger partial charge in [-0.3, -0.25) is 9.36 Å². The first kappa shape index (κ1) is 19.9. The van der Waals surface area contributed by atoms with Gasteiger partial charge in [0.2, 0.25) is 5.85 Å². The maximum Gasteiger partial charge on any atom is 0.372 e. The van der Waals surface area contributed by atoms with E-state index in [0.29, 0.717) is 12.8 Å². The Labute approximate surface area is 126 Å². The van der Waals surface area contributed by atoms with Crippen molar-refractivity contribution in [3.63, 3.8) is 0 Å². The molecule has 0 spiro atoms. The highest BCUT2D eigenvalue weighted by molar-refractivity contribution is 7.54. The van der Waals surface area contributed by atoms with Crippen molar-refractivity contribution < 1.29 is 23.1 Å². The molecule has 0 aliphatic rings. The number of rotatable bonds is 12. The number of unbranched alkanes of at least 4 members (excludes halogenated alkanes) is 1. The Morgan fingerprint density at radius 3 is 2.05 bits per heavy atom. The Hall–Kier alpha value is -0.0900. The van der Waals surface area contributed by atoms with E-state index < -0.39 is 19.4 Å². The number of halogens is 1. The van der Waals surface area contributed by atoms with Crippen molar-refractivity contribution in [2.45, 2.75) is 58.7 Å². The Morgan fingerprint density at radius 2 is 1.65 bits per heavy atom. The molecule has 0 saturated carbocycles. The summed E-state index contributed by atoms with van der Waals surface area (Å²) in [5.41, 5.74) is 0. The van der Waals surface area contributed by atoms with Crippen molar-refractivity contribution in [3.05, 3.63) is 0 Å². The van der Waals surface area contributed by atoms with Crippen LogP contribution in [-0.2, 0) is 23.1 Å². The molecule has 0 amide bonds. The van der Waals surface area contributed by atoms with Gasteiger partial charge in [0, 0.05) is 6.42 Å². The fraction of sp³-hybridized carbons (Fsp3) is 0.923. The summed E-state index contributed by atoms with van der Waals surface area (Å²) in [5.74, 6) is -1.56. The van der Waals surface area contributed by atoms with E-state index in [4.69, 9.17) is 25.4 Å². The zero-order chi connectivity index (χ0) is 15.4. The monoisotopic (exact) mass is 328 g/mol. The molecule has 0 saturated heterocycles. The third-order valence-electron chi connectivity index (χ3n) is 2.44. The molecule has 7 heteroatoms. The lowest BCUT2D eigenvalue weighted by atomic mass is 10.2. The van der Waals surface area contributed by atoms with Crippen molar-refractivity contribution in [3.8, 4) is 0 Å². The van der Waals surface area contributed by atoms with Gasteiger partial charge in [0.25, 0.3) is 0 Å². The van der Waals surface area contributed by atoms with Gasteiger partial charge < -0.3 is 13.8 Å². The smallest absolute Gasteiger partial charge is 0.372 e. The second-order valence-electron chi connectivity index (χ2n) is 4.41. The Bertz CT molecular complexity index is 299. The Morgan fingerprint density at radius 1 is 1.10 bits per heavy atom. The van der Waals surface area contributed by atoms with E-state index in [9.17, 15) is 9.36 Å². The van der Waals surface area contributed by atoms with Gasteiger partial charge in [0.15, 0.2) is 0 Å². The van der Waals surface area contributed by atoms with Gasteiger partial charge in [-0.1, -0.05) is 27.2 Å². The van der Waals surface area contributed by atoms with Crippen LogP contribution in [0.15, 0.2) is 0 Å². The van der Waals surface area contributed by atoms with Crippen LogP contribution in [0.2, 0.25) is 0 Å².